The Hall–Kier alpha value is -3.13. The first-order valence-electron chi connectivity index (χ1n) is 8.01. The minimum absolute atomic E-state index is 0.0588. The molecule has 25 heavy (non-hydrogen) atoms. The number of fused-ring (bicyclic) bond motifs is 3. The molecule has 0 radical (unpaired) electrons. The highest BCUT2D eigenvalue weighted by Crippen LogP contribution is 2.28. The number of hydrogen-bond acceptors (Lipinski definition) is 6. The molecule has 6 N–H and O–H groups in total. The summed E-state index contributed by atoms with van der Waals surface area (Å²) in [5.74, 6) is -0.190. The summed E-state index contributed by atoms with van der Waals surface area (Å²) < 4.78 is 13.7. The van der Waals surface area contributed by atoms with Crippen molar-refractivity contribution in [1.82, 2.24) is 20.3 Å². The Morgan fingerprint density at radius 2 is 2.24 bits per heavy atom. The lowest BCUT2D eigenvalue weighted by atomic mass is 10.1. The van der Waals surface area contributed by atoms with Gasteiger partial charge in [-0.3, -0.25) is 0 Å². The number of aromatic amines is 1. The van der Waals surface area contributed by atoms with Crippen molar-refractivity contribution in [1.29, 1.82) is 0 Å². The Labute approximate surface area is 143 Å². The van der Waals surface area contributed by atoms with Gasteiger partial charge < -0.3 is 26.7 Å². The highest BCUT2D eigenvalue weighted by molar-refractivity contribution is 5.88. The van der Waals surface area contributed by atoms with E-state index in [9.17, 15) is 4.39 Å². The van der Waals surface area contributed by atoms with Crippen molar-refractivity contribution in [3.8, 4) is 0 Å². The third kappa shape index (κ3) is 2.99. The highest BCUT2D eigenvalue weighted by atomic mass is 19.1. The lowest BCUT2D eigenvalue weighted by Gasteiger charge is -2.12. The van der Waals surface area contributed by atoms with Crippen molar-refractivity contribution in [2.75, 3.05) is 17.2 Å². The van der Waals surface area contributed by atoms with E-state index in [1.165, 1.54) is 29.0 Å². The van der Waals surface area contributed by atoms with E-state index in [1.807, 2.05) is 12.1 Å². The smallest absolute Gasteiger partial charge is 0.229 e. The topological polar surface area (TPSA) is 104 Å². The van der Waals surface area contributed by atoms with Crippen LogP contribution in [-0.4, -0.2) is 21.5 Å². The number of aromatic nitrogens is 3. The van der Waals surface area contributed by atoms with E-state index < -0.39 is 5.82 Å². The van der Waals surface area contributed by atoms with Crippen LogP contribution < -0.4 is 21.7 Å². The summed E-state index contributed by atoms with van der Waals surface area (Å²) in [5.41, 5.74) is 9.77. The molecule has 0 saturated heterocycles. The highest BCUT2D eigenvalue weighted by Gasteiger charge is 2.15. The lowest BCUT2D eigenvalue weighted by molar-refractivity contribution is 0.619. The predicted octanol–water partition coefficient (Wildman–Crippen LogP) is 2.33. The van der Waals surface area contributed by atoms with Crippen molar-refractivity contribution in [2.45, 2.75) is 13.0 Å². The molecule has 0 fully saturated rings. The standard InChI is InChI=1S/C17H18FN7/c18-13-9-22-17(25-16(13)21-6-4-19)23-10-1-2-14-11(7-10)12-8-20-5-3-15(12)24-14/h1-2,4,6-7,9,20,24H,3,5,8,19H2,(H2,21,22,23,25)/b6-4-. The van der Waals surface area contributed by atoms with Gasteiger partial charge in [0.15, 0.2) is 11.6 Å². The van der Waals surface area contributed by atoms with E-state index >= 15 is 0 Å². The fourth-order valence-corrected chi connectivity index (χ4v) is 3.01. The zero-order valence-corrected chi connectivity index (χ0v) is 13.4. The maximum Gasteiger partial charge on any atom is 0.229 e. The summed E-state index contributed by atoms with van der Waals surface area (Å²) >= 11 is 0. The van der Waals surface area contributed by atoms with Gasteiger partial charge in [-0.1, -0.05) is 0 Å². The number of anilines is 3. The van der Waals surface area contributed by atoms with Gasteiger partial charge in [0.05, 0.1) is 6.20 Å². The molecule has 0 saturated carbocycles. The second-order valence-corrected chi connectivity index (χ2v) is 5.79. The summed E-state index contributed by atoms with van der Waals surface area (Å²) in [7, 11) is 0. The van der Waals surface area contributed by atoms with Crippen LogP contribution in [0.3, 0.4) is 0 Å². The third-order valence-corrected chi connectivity index (χ3v) is 4.16. The number of nitrogens with zero attached hydrogens (tertiary/aromatic N) is 2. The first kappa shape index (κ1) is 15.4. The van der Waals surface area contributed by atoms with Crippen molar-refractivity contribution < 1.29 is 4.39 Å². The molecule has 1 aliphatic heterocycles. The molecular weight excluding hydrogens is 321 g/mol. The van der Waals surface area contributed by atoms with Crippen LogP contribution in [0, 0.1) is 5.82 Å². The SMILES string of the molecule is N/C=C\Nc1nc(Nc2ccc3[nH]c4c(c3c2)CNCC4)ncc1F. The van der Waals surface area contributed by atoms with Crippen LogP contribution in [0.1, 0.15) is 11.3 Å². The largest absolute Gasteiger partial charge is 0.403 e. The van der Waals surface area contributed by atoms with Crippen molar-refractivity contribution in [3.05, 3.63) is 53.9 Å². The Bertz CT molecular complexity index is 948. The summed E-state index contributed by atoms with van der Waals surface area (Å²) in [6, 6.07) is 6.02. The monoisotopic (exact) mass is 339 g/mol. The van der Waals surface area contributed by atoms with E-state index in [0.717, 1.165) is 36.9 Å². The van der Waals surface area contributed by atoms with Crippen molar-refractivity contribution in [2.24, 2.45) is 5.73 Å². The molecule has 0 bridgehead atoms. The number of H-pyrrole nitrogens is 1. The first-order valence-corrected chi connectivity index (χ1v) is 8.01. The molecule has 0 atom stereocenters. The molecular formula is C17H18FN7. The predicted molar refractivity (Wildman–Crippen MR) is 95.9 cm³/mol. The average Bonchev–Trinajstić information content (AvgIpc) is 3.00. The van der Waals surface area contributed by atoms with Gasteiger partial charge in [-0.2, -0.15) is 4.98 Å². The minimum atomic E-state index is -0.551. The number of halogens is 1. The molecule has 7 nitrogen and oxygen atoms in total. The molecule has 0 amide bonds. The van der Waals surface area contributed by atoms with Gasteiger partial charge >= 0.3 is 0 Å². The molecule has 0 spiro atoms. The molecule has 2 aromatic heterocycles. The minimum Gasteiger partial charge on any atom is -0.403 e. The van der Waals surface area contributed by atoms with Crippen molar-refractivity contribution in [3.63, 3.8) is 0 Å². The van der Waals surface area contributed by atoms with E-state index in [0.29, 0.717) is 5.95 Å². The fraction of sp³-hybridized carbons (Fsp3) is 0.176. The fourth-order valence-electron chi connectivity index (χ4n) is 3.01. The van der Waals surface area contributed by atoms with E-state index in [2.05, 4.69) is 37.0 Å². The van der Waals surface area contributed by atoms with Gasteiger partial charge in [-0.15, -0.1) is 0 Å². The Kier molecular flexibility index (Phi) is 3.95. The van der Waals surface area contributed by atoms with Crippen LogP contribution in [0.15, 0.2) is 36.8 Å². The Balaban J connectivity index is 1.64. The van der Waals surface area contributed by atoms with E-state index in [1.54, 1.807) is 0 Å². The van der Waals surface area contributed by atoms with Crippen molar-refractivity contribution >= 4 is 28.4 Å². The number of nitrogens with two attached hydrogens (primary N) is 1. The molecule has 1 aliphatic rings. The quantitative estimate of drug-likeness (QED) is 0.500. The van der Waals surface area contributed by atoms with Crippen LogP contribution in [0.25, 0.3) is 10.9 Å². The summed E-state index contributed by atoms with van der Waals surface area (Å²) in [4.78, 5) is 11.6. The van der Waals surface area contributed by atoms with E-state index in [4.69, 9.17) is 5.73 Å². The first-order chi connectivity index (χ1) is 12.2. The maximum absolute atomic E-state index is 13.7. The third-order valence-electron chi connectivity index (χ3n) is 4.16. The summed E-state index contributed by atoms with van der Waals surface area (Å²) in [5, 5.41) is 10.3. The number of nitrogens with one attached hydrogen (secondary N) is 4. The van der Waals surface area contributed by atoms with Crippen LogP contribution in [0.4, 0.5) is 21.8 Å². The van der Waals surface area contributed by atoms with Gasteiger partial charge in [0, 0.05) is 54.2 Å². The zero-order chi connectivity index (χ0) is 17.2. The molecule has 3 heterocycles. The number of hydrogen-bond donors (Lipinski definition) is 5. The van der Waals surface area contributed by atoms with Gasteiger partial charge in [0.25, 0.3) is 0 Å². The molecule has 8 heteroatoms. The van der Waals surface area contributed by atoms with Crippen LogP contribution in [0.2, 0.25) is 0 Å². The van der Waals surface area contributed by atoms with Gasteiger partial charge in [0.1, 0.15) is 0 Å². The summed E-state index contributed by atoms with van der Waals surface area (Å²) in [6.45, 7) is 1.84. The lowest BCUT2D eigenvalue weighted by Crippen LogP contribution is -2.22. The molecule has 3 aromatic rings. The van der Waals surface area contributed by atoms with Gasteiger partial charge in [0.2, 0.25) is 5.95 Å². The Morgan fingerprint density at radius 1 is 1.32 bits per heavy atom. The number of rotatable bonds is 4. The van der Waals surface area contributed by atoms with Gasteiger partial charge in [-0.05, 0) is 23.8 Å². The zero-order valence-electron chi connectivity index (χ0n) is 13.4. The van der Waals surface area contributed by atoms with Crippen LogP contribution in [0.5, 0.6) is 0 Å². The molecule has 4 rings (SSSR count). The number of benzene rings is 1. The van der Waals surface area contributed by atoms with Crippen LogP contribution in [-0.2, 0) is 13.0 Å². The molecule has 128 valence electrons. The van der Waals surface area contributed by atoms with Gasteiger partial charge in [-0.25, -0.2) is 9.37 Å². The van der Waals surface area contributed by atoms with Crippen LogP contribution >= 0.6 is 0 Å². The second-order valence-electron chi connectivity index (χ2n) is 5.79. The molecule has 0 unspecified atom stereocenters. The normalized spacial score (nSPS) is 14.0. The molecule has 0 aliphatic carbocycles. The maximum atomic E-state index is 13.7. The Morgan fingerprint density at radius 3 is 3.12 bits per heavy atom. The second kappa shape index (κ2) is 6.40. The average molecular weight is 339 g/mol. The summed E-state index contributed by atoms with van der Waals surface area (Å²) in [6.07, 6.45) is 4.78. The molecule has 1 aromatic carbocycles. The van der Waals surface area contributed by atoms with E-state index in [-0.39, 0.29) is 5.82 Å².